The molecule has 1 aromatic rings. The van der Waals surface area contributed by atoms with Crippen LogP contribution in [0.5, 0.6) is 11.5 Å². The van der Waals surface area contributed by atoms with E-state index in [2.05, 4.69) is 15.9 Å². The Kier molecular flexibility index (Phi) is 5.03. The monoisotopic (exact) mass is 300 g/mol. The largest absolute Gasteiger partial charge is 0.493 e. The van der Waals surface area contributed by atoms with Crippen LogP contribution in [0.1, 0.15) is 12.5 Å². The van der Waals surface area contributed by atoms with Gasteiger partial charge < -0.3 is 14.6 Å². The van der Waals surface area contributed by atoms with E-state index in [1.807, 2.05) is 6.92 Å². The first-order valence-electron chi connectivity index (χ1n) is 4.99. The topological polar surface area (TPSA) is 55.8 Å². The lowest BCUT2D eigenvalue weighted by atomic mass is 10.2. The maximum absolute atomic E-state index is 10.5. The number of hydrogen-bond donors (Lipinski definition) is 1. The van der Waals surface area contributed by atoms with Crippen molar-refractivity contribution in [1.29, 1.82) is 0 Å². The Morgan fingerprint density at radius 3 is 2.71 bits per heavy atom. The third-order valence-corrected chi connectivity index (χ3v) is 2.68. The lowest BCUT2D eigenvalue weighted by Crippen LogP contribution is -1.96. The van der Waals surface area contributed by atoms with Gasteiger partial charge >= 0.3 is 5.97 Å². The second-order valence-corrected chi connectivity index (χ2v) is 3.98. The molecule has 0 aliphatic rings. The van der Waals surface area contributed by atoms with E-state index in [1.165, 1.54) is 6.08 Å². The summed E-state index contributed by atoms with van der Waals surface area (Å²) in [7, 11) is 1.55. The standard InChI is InChI=1S/C12H13BrO4/c1-3-17-11-6-8(4-5-12(14)15)9(13)7-10(11)16-2/h4-7H,3H2,1-2H3,(H,14,15). The Bertz CT molecular complexity index is 440. The van der Waals surface area contributed by atoms with Gasteiger partial charge in [0.1, 0.15) is 0 Å². The summed E-state index contributed by atoms with van der Waals surface area (Å²) >= 11 is 3.34. The molecule has 4 nitrogen and oxygen atoms in total. The molecular weight excluding hydrogens is 288 g/mol. The molecule has 1 N–H and O–H groups in total. The Labute approximate surface area is 108 Å². The van der Waals surface area contributed by atoms with Crippen molar-refractivity contribution >= 4 is 28.0 Å². The van der Waals surface area contributed by atoms with Crippen LogP contribution in [0.4, 0.5) is 0 Å². The summed E-state index contributed by atoms with van der Waals surface area (Å²) in [6.07, 6.45) is 2.57. The number of aliphatic carboxylic acids is 1. The average Bonchev–Trinajstić information content (AvgIpc) is 2.29. The summed E-state index contributed by atoms with van der Waals surface area (Å²) in [5, 5.41) is 8.58. The van der Waals surface area contributed by atoms with Gasteiger partial charge in [-0.2, -0.15) is 0 Å². The number of halogens is 1. The summed E-state index contributed by atoms with van der Waals surface area (Å²) < 4.78 is 11.3. The van der Waals surface area contributed by atoms with Crippen molar-refractivity contribution in [1.82, 2.24) is 0 Å². The SMILES string of the molecule is CCOc1cc(C=CC(=O)O)c(Br)cc1OC. The van der Waals surface area contributed by atoms with Crippen LogP contribution < -0.4 is 9.47 Å². The van der Waals surface area contributed by atoms with Crippen LogP contribution in [0.15, 0.2) is 22.7 Å². The fourth-order valence-electron chi connectivity index (χ4n) is 1.27. The maximum Gasteiger partial charge on any atom is 0.328 e. The van der Waals surface area contributed by atoms with Gasteiger partial charge in [-0.25, -0.2) is 4.79 Å². The van der Waals surface area contributed by atoms with Crippen molar-refractivity contribution in [2.24, 2.45) is 0 Å². The zero-order chi connectivity index (χ0) is 12.8. The Hall–Kier alpha value is -1.49. The first kappa shape index (κ1) is 13.6. The minimum Gasteiger partial charge on any atom is -0.493 e. The predicted octanol–water partition coefficient (Wildman–Crippen LogP) is 2.95. The van der Waals surface area contributed by atoms with E-state index in [-0.39, 0.29) is 0 Å². The predicted molar refractivity (Wildman–Crippen MR) is 68.5 cm³/mol. The number of carbonyl (C=O) groups is 1. The Balaban J connectivity index is 3.14. The first-order valence-corrected chi connectivity index (χ1v) is 5.79. The zero-order valence-corrected chi connectivity index (χ0v) is 11.2. The van der Waals surface area contributed by atoms with Gasteiger partial charge in [-0.1, -0.05) is 15.9 Å². The summed E-state index contributed by atoms with van der Waals surface area (Å²) in [6.45, 7) is 2.38. The molecule has 0 radical (unpaired) electrons. The van der Waals surface area contributed by atoms with Crippen LogP contribution in [0.25, 0.3) is 6.08 Å². The van der Waals surface area contributed by atoms with Crippen molar-refractivity contribution in [3.63, 3.8) is 0 Å². The highest BCUT2D eigenvalue weighted by Crippen LogP contribution is 2.34. The Morgan fingerprint density at radius 2 is 2.18 bits per heavy atom. The van der Waals surface area contributed by atoms with E-state index in [4.69, 9.17) is 14.6 Å². The minimum absolute atomic E-state index is 0.514. The molecule has 1 rings (SSSR count). The number of methoxy groups -OCH3 is 1. The maximum atomic E-state index is 10.5. The molecule has 0 aliphatic heterocycles. The van der Waals surface area contributed by atoms with Crippen molar-refractivity contribution in [3.8, 4) is 11.5 Å². The summed E-state index contributed by atoms with van der Waals surface area (Å²) in [5.74, 6) is 0.195. The quantitative estimate of drug-likeness (QED) is 0.850. The second kappa shape index (κ2) is 6.30. The van der Waals surface area contributed by atoms with E-state index < -0.39 is 5.97 Å². The number of carboxylic acids is 1. The second-order valence-electron chi connectivity index (χ2n) is 3.13. The fraction of sp³-hybridized carbons (Fsp3) is 0.250. The van der Waals surface area contributed by atoms with Crippen LogP contribution in [0.2, 0.25) is 0 Å². The van der Waals surface area contributed by atoms with Crippen molar-refractivity contribution in [2.75, 3.05) is 13.7 Å². The summed E-state index contributed by atoms with van der Waals surface area (Å²) in [5.41, 5.74) is 0.719. The molecular formula is C12H13BrO4. The number of benzene rings is 1. The molecule has 0 fully saturated rings. The molecule has 17 heavy (non-hydrogen) atoms. The smallest absolute Gasteiger partial charge is 0.328 e. The van der Waals surface area contributed by atoms with Gasteiger partial charge in [0.2, 0.25) is 0 Å². The highest BCUT2D eigenvalue weighted by molar-refractivity contribution is 9.10. The zero-order valence-electron chi connectivity index (χ0n) is 9.57. The molecule has 92 valence electrons. The van der Waals surface area contributed by atoms with Gasteiger partial charge in [-0.05, 0) is 30.7 Å². The van der Waals surface area contributed by atoms with Gasteiger partial charge in [0.05, 0.1) is 13.7 Å². The fourth-order valence-corrected chi connectivity index (χ4v) is 1.72. The van der Waals surface area contributed by atoms with Crippen LogP contribution in [-0.2, 0) is 4.79 Å². The average molecular weight is 301 g/mol. The van der Waals surface area contributed by atoms with Crippen LogP contribution >= 0.6 is 15.9 Å². The lowest BCUT2D eigenvalue weighted by Gasteiger charge is -2.11. The van der Waals surface area contributed by atoms with Crippen LogP contribution in [-0.4, -0.2) is 24.8 Å². The van der Waals surface area contributed by atoms with E-state index >= 15 is 0 Å². The molecule has 0 bridgehead atoms. The highest BCUT2D eigenvalue weighted by Gasteiger charge is 2.08. The van der Waals surface area contributed by atoms with E-state index in [1.54, 1.807) is 19.2 Å². The third-order valence-electron chi connectivity index (χ3n) is 1.99. The van der Waals surface area contributed by atoms with Crippen molar-refractivity contribution in [2.45, 2.75) is 6.92 Å². The molecule has 0 amide bonds. The minimum atomic E-state index is -0.995. The molecule has 0 unspecified atom stereocenters. The molecule has 0 heterocycles. The molecule has 0 saturated heterocycles. The molecule has 0 aliphatic carbocycles. The molecule has 1 aromatic carbocycles. The van der Waals surface area contributed by atoms with E-state index in [9.17, 15) is 4.79 Å². The summed E-state index contributed by atoms with van der Waals surface area (Å²) in [4.78, 5) is 10.5. The number of carboxylic acid groups (broad SMARTS) is 1. The normalized spacial score (nSPS) is 10.5. The van der Waals surface area contributed by atoms with E-state index in [0.29, 0.717) is 18.1 Å². The van der Waals surface area contributed by atoms with Crippen molar-refractivity contribution in [3.05, 3.63) is 28.2 Å². The number of hydrogen-bond acceptors (Lipinski definition) is 3. The highest BCUT2D eigenvalue weighted by atomic mass is 79.9. The lowest BCUT2D eigenvalue weighted by molar-refractivity contribution is -0.131. The van der Waals surface area contributed by atoms with Crippen molar-refractivity contribution < 1.29 is 19.4 Å². The summed E-state index contributed by atoms with van der Waals surface area (Å²) in [6, 6.07) is 3.47. The molecule has 5 heteroatoms. The molecule has 0 spiro atoms. The van der Waals surface area contributed by atoms with E-state index in [0.717, 1.165) is 16.1 Å². The molecule has 0 atom stereocenters. The number of rotatable bonds is 5. The first-order chi connectivity index (χ1) is 8.08. The van der Waals surface area contributed by atoms with Gasteiger partial charge in [-0.3, -0.25) is 0 Å². The molecule has 0 saturated carbocycles. The van der Waals surface area contributed by atoms with Crippen LogP contribution in [0.3, 0.4) is 0 Å². The van der Waals surface area contributed by atoms with Gasteiger partial charge in [-0.15, -0.1) is 0 Å². The Morgan fingerprint density at radius 1 is 1.47 bits per heavy atom. The van der Waals surface area contributed by atoms with Gasteiger partial charge in [0, 0.05) is 10.5 Å². The molecule has 0 aromatic heterocycles. The third kappa shape index (κ3) is 3.78. The van der Waals surface area contributed by atoms with Gasteiger partial charge in [0.15, 0.2) is 11.5 Å². The number of ether oxygens (including phenoxy) is 2. The van der Waals surface area contributed by atoms with Gasteiger partial charge in [0.25, 0.3) is 0 Å². The van der Waals surface area contributed by atoms with Crippen LogP contribution in [0, 0.1) is 0 Å².